The minimum atomic E-state index is -0.597. The van der Waals surface area contributed by atoms with Crippen LogP contribution in [0.1, 0.15) is 37.2 Å². The van der Waals surface area contributed by atoms with Gasteiger partial charge in [-0.3, -0.25) is 9.36 Å². The average molecular weight is 249 g/mol. The topological polar surface area (TPSA) is 68.8 Å². The van der Waals surface area contributed by atoms with Crippen molar-refractivity contribution < 1.29 is 5.11 Å². The highest BCUT2D eigenvalue weighted by Gasteiger charge is 2.17. The van der Waals surface area contributed by atoms with Crippen LogP contribution in [0.4, 0.5) is 0 Å². The standard InChI is InChI=1S/C12H19N5O/c1-4-9-6-10(17(5-2)15-9)11(18)7-12-13-8-14-16(12)3/h6,8,11,18H,4-5,7H2,1-3H3. The van der Waals surface area contributed by atoms with Gasteiger partial charge in [-0.05, 0) is 19.4 Å². The first-order valence-electron chi connectivity index (χ1n) is 6.23. The monoisotopic (exact) mass is 249 g/mol. The molecule has 0 spiro atoms. The van der Waals surface area contributed by atoms with Crippen LogP contribution in [0.25, 0.3) is 0 Å². The third-order valence-electron chi connectivity index (χ3n) is 3.05. The first-order chi connectivity index (χ1) is 8.65. The number of aromatic nitrogens is 5. The van der Waals surface area contributed by atoms with Gasteiger partial charge in [-0.15, -0.1) is 0 Å². The van der Waals surface area contributed by atoms with E-state index in [4.69, 9.17) is 0 Å². The van der Waals surface area contributed by atoms with E-state index in [9.17, 15) is 5.11 Å². The Hall–Kier alpha value is -1.69. The smallest absolute Gasteiger partial charge is 0.138 e. The molecule has 0 aliphatic rings. The maximum absolute atomic E-state index is 10.3. The quantitative estimate of drug-likeness (QED) is 0.853. The number of rotatable bonds is 5. The minimum absolute atomic E-state index is 0.450. The zero-order valence-electron chi connectivity index (χ0n) is 11.0. The Morgan fingerprint density at radius 3 is 2.72 bits per heavy atom. The predicted octanol–water partition coefficient (Wildman–Crippen LogP) is 0.870. The van der Waals surface area contributed by atoms with Crippen molar-refractivity contribution in [2.24, 2.45) is 7.05 Å². The molecule has 0 amide bonds. The van der Waals surface area contributed by atoms with Crippen LogP contribution in [0.2, 0.25) is 0 Å². The molecule has 98 valence electrons. The molecule has 2 aromatic heterocycles. The SMILES string of the molecule is CCc1cc(C(O)Cc2ncnn2C)n(CC)n1. The van der Waals surface area contributed by atoms with Gasteiger partial charge in [0, 0.05) is 20.0 Å². The third kappa shape index (κ3) is 2.43. The lowest BCUT2D eigenvalue weighted by Gasteiger charge is -2.11. The molecule has 2 rings (SSSR count). The maximum Gasteiger partial charge on any atom is 0.138 e. The van der Waals surface area contributed by atoms with Crippen molar-refractivity contribution in [3.05, 3.63) is 29.6 Å². The summed E-state index contributed by atoms with van der Waals surface area (Å²) >= 11 is 0. The van der Waals surface area contributed by atoms with Gasteiger partial charge in [0.1, 0.15) is 18.3 Å². The average Bonchev–Trinajstić information content (AvgIpc) is 2.96. The first kappa shape index (κ1) is 12.8. The summed E-state index contributed by atoms with van der Waals surface area (Å²) in [7, 11) is 1.82. The number of hydrogen-bond donors (Lipinski definition) is 1. The predicted molar refractivity (Wildman–Crippen MR) is 66.9 cm³/mol. The molecule has 0 fully saturated rings. The van der Waals surface area contributed by atoms with Crippen LogP contribution in [0.5, 0.6) is 0 Å². The molecule has 0 aliphatic carbocycles. The molecule has 6 heteroatoms. The number of aryl methyl sites for hydroxylation is 3. The van der Waals surface area contributed by atoms with E-state index in [2.05, 4.69) is 22.1 Å². The lowest BCUT2D eigenvalue weighted by Crippen LogP contribution is -2.12. The van der Waals surface area contributed by atoms with Crippen LogP contribution in [-0.4, -0.2) is 29.7 Å². The van der Waals surface area contributed by atoms with Crippen LogP contribution >= 0.6 is 0 Å². The molecule has 1 unspecified atom stereocenters. The summed E-state index contributed by atoms with van der Waals surface area (Å²) in [6.45, 7) is 4.83. The van der Waals surface area contributed by atoms with Crippen molar-refractivity contribution in [2.75, 3.05) is 0 Å². The minimum Gasteiger partial charge on any atom is -0.386 e. The summed E-state index contributed by atoms with van der Waals surface area (Å²) in [6, 6.07) is 1.96. The maximum atomic E-state index is 10.3. The fraction of sp³-hybridized carbons (Fsp3) is 0.583. The van der Waals surface area contributed by atoms with E-state index in [0.29, 0.717) is 6.42 Å². The molecule has 1 N–H and O–H groups in total. The van der Waals surface area contributed by atoms with Gasteiger partial charge < -0.3 is 5.11 Å². The lowest BCUT2D eigenvalue weighted by molar-refractivity contribution is 0.163. The summed E-state index contributed by atoms with van der Waals surface area (Å²) in [5.74, 6) is 0.768. The first-order valence-corrected chi connectivity index (χ1v) is 6.23. The highest BCUT2D eigenvalue weighted by atomic mass is 16.3. The summed E-state index contributed by atoms with van der Waals surface area (Å²) in [5.41, 5.74) is 1.85. The normalized spacial score (nSPS) is 12.9. The van der Waals surface area contributed by atoms with Gasteiger partial charge in [-0.1, -0.05) is 6.92 Å². The molecule has 0 bridgehead atoms. The molecule has 0 saturated heterocycles. The summed E-state index contributed by atoms with van der Waals surface area (Å²) in [6.07, 6.45) is 2.22. The molecular formula is C12H19N5O. The van der Waals surface area contributed by atoms with E-state index >= 15 is 0 Å². The second-order valence-electron chi connectivity index (χ2n) is 4.25. The summed E-state index contributed by atoms with van der Waals surface area (Å²) in [5, 5.41) is 18.7. The molecule has 18 heavy (non-hydrogen) atoms. The number of aliphatic hydroxyl groups excluding tert-OH is 1. The van der Waals surface area contributed by atoms with Gasteiger partial charge in [0.2, 0.25) is 0 Å². The summed E-state index contributed by atoms with van der Waals surface area (Å²) < 4.78 is 3.52. The Labute approximate surface area is 106 Å². The molecular weight excluding hydrogens is 230 g/mol. The summed E-state index contributed by atoms with van der Waals surface area (Å²) in [4.78, 5) is 4.13. The fourth-order valence-electron chi connectivity index (χ4n) is 1.96. The molecule has 0 aromatic carbocycles. The van der Waals surface area contributed by atoms with Gasteiger partial charge in [0.25, 0.3) is 0 Å². The van der Waals surface area contributed by atoms with Crippen LogP contribution in [0.15, 0.2) is 12.4 Å². The zero-order chi connectivity index (χ0) is 13.1. The Balaban J connectivity index is 2.20. The highest BCUT2D eigenvalue weighted by molar-refractivity contribution is 5.14. The molecule has 6 nitrogen and oxygen atoms in total. The van der Waals surface area contributed by atoms with Crippen LogP contribution in [0.3, 0.4) is 0 Å². The van der Waals surface area contributed by atoms with Gasteiger partial charge in [0.05, 0.1) is 11.4 Å². The third-order valence-corrected chi connectivity index (χ3v) is 3.05. The van der Waals surface area contributed by atoms with E-state index in [1.54, 1.807) is 4.68 Å². The molecule has 1 atom stereocenters. The Bertz CT molecular complexity index is 516. The van der Waals surface area contributed by atoms with E-state index in [1.165, 1.54) is 6.33 Å². The molecule has 2 heterocycles. The van der Waals surface area contributed by atoms with Gasteiger partial charge in [-0.25, -0.2) is 4.98 Å². The van der Waals surface area contributed by atoms with Crippen molar-refractivity contribution in [1.82, 2.24) is 24.5 Å². The fourth-order valence-corrected chi connectivity index (χ4v) is 1.96. The number of nitrogens with zero attached hydrogens (tertiary/aromatic N) is 5. The van der Waals surface area contributed by atoms with Gasteiger partial charge in [0.15, 0.2) is 0 Å². The largest absolute Gasteiger partial charge is 0.386 e. The van der Waals surface area contributed by atoms with Crippen molar-refractivity contribution in [1.29, 1.82) is 0 Å². The second kappa shape index (κ2) is 5.30. The Morgan fingerprint density at radius 2 is 2.17 bits per heavy atom. The van der Waals surface area contributed by atoms with E-state index in [-0.39, 0.29) is 0 Å². The Kier molecular flexibility index (Phi) is 3.76. The highest BCUT2D eigenvalue weighted by Crippen LogP contribution is 2.18. The van der Waals surface area contributed by atoms with Crippen LogP contribution in [-0.2, 0) is 26.4 Å². The zero-order valence-corrected chi connectivity index (χ0v) is 11.0. The van der Waals surface area contributed by atoms with E-state index in [1.807, 2.05) is 24.7 Å². The van der Waals surface area contributed by atoms with Crippen molar-refractivity contribution >= 4 is 0 Å². The molecule has 0 radical (unpaired) electrons. The molecule has 0 saturated carbocycles. The van der Waals surface area contributed by atoms with Gasteiger partial charge in [-0.2, -0.15) is 10.2 Å². The molecule has 0 aliphatic heterocycles. The van der Waals surface area contributed by atoms with E-state index < -0.39 is 6.10 Å². The Morgan fingerprint density at radius 1 is 1.39 bits per heavy atom. The molecule has 2 aromatic rings. The van der Waals surface area contributed by atoms with Gasteiger partial charge >= 0.3 is 0 Å². The van der Waals surface area contributed by atoms with Crippen LogP contribution < -0.4 is 0 Å². The van der Waals surface area contributed by atoms with Crippen LogP contribution in [0, 0.1) is 0 Å². The van der Waals surface area contributed by atoms with Crippen molar-refractivity contribution in [2.45, 2.75) is 39.3 Å². The second-order valence-corrected chi connectivity index (χ2v) is 4.25. The van der Waals surface area contributed by atoms with Crippen molar-refractivity contribution in [3.8, 4) is 0 Å². The number of aliphatic hydroxyl groups is 1. The number of hydrogen-bond acceptors (Lipinski definition) is 4. The lowest BCUT2D eigenvalue weighted by atomic mass is 10.1. The van der Waals surface area contributed by atoms with Crippen molar-refractivity contribution in [3.63, 3.8) is 0 Å². The van der Waals surface area contributed by atoms with E-state index in [0.717, 1.165) is 30.2 Å².